The standard InChI is InChI=1S/C22H23N3O4/c1-14-7-5-6-8-18(14)24-17-9-15(12-23-13-17)22(26)25-16-10-19(27-2)21(29-4)20(11-16)28-3/h5-13,24H,1-4H3,(H,25,26). The molecule has 3 aromatic rings. The number of aromatic nitrogens is 1. The maximum absolute atomic E-state index is 12.7. The first-order valence-electron chi connectivity index (χ1n) is 8.94. The van der Waals surface area contributed by atoms with Crippen LogP contribution in [0.4, 0.5) is 17.1 Å². The van der Waals surface area contributed by atoms with Gasteiger partial charge in [-0.05, 0) is 24.6 Å². The molecule has 0 radical (unpaired) electrons. The summed E-state index contributed by atoms with van der Waals surface area (Å²) in [5.74, 6) is 1.06. The summed E-state index contributed by atoms with van der Waals surface area (Å²) in [6, 6.07) is 13.0. The van der Waals surface area contributed by atoms with Crippen LogP contribution in [-0.2, 0) is 0 Å². The third-order valence-electron chi connectivity index (χ3n) is 4.35. The summed E-state index contributed by atoms with van der Waals surface area (Å²) in [4.78, 5) is 16.9. The van der Waals surface area contributed by atoms with Crippen LogP contribution >= 0.6 is 0 Å². The Balaban J connectivity index is 1.82. The molecule has 2 N–H and O–H groups in total. The molecule has 0 aliphatic heterocycles. The Kier molecular flexibility index (Phi) is 6.19. The monoisotopic (exact) mass is 393 g/mol. The summed E-state index contributed by atoms with van der Waals surface area (Å²) in [5.41, 5.74) is 3.70. The summed E-state index contributed by atoms with van der Waals surface area (Å²) >= 11 is 0. The van der Waals surface area contributed by atoms with E-state index in [0.717, 1.165) is 16.9 Å². The van der Waals surface area contributed by atoms with Gasteiger partial charge in [0, 0.05) is 29.7 Å². The Hall–Kier alpha value is -3.74. The smallest absolute Gasteiger partial charge is 0.257 e. The highest BCUT2D eigenvalue weighted by Gasteiger charge is 2.15. The third kappa shape index (κ3) is 4.57. The van der Waals surface area contributed by atoms with Crippen molar-refractivity contribution in [2.24, 2.45) is 0 Å². The molecule has 29 heavy (non-hydrogen) atoms. The van der Waals surface area contributed by atoms with Gasteiger partial charge in [-0.25, -0.2) is 0 Å². The van der Waals surface area contributed by atoms with Gasteiger partial charge in [0.2, 0.25) is 5.75 Å². The maximum atomic E-state index is 12.7. The minimum Gasteiger partial charge on any atom is -0.493 e. The summed E-state index contributed by atoms with van der Waals surface area (Å²) in [6.07, 6.45) is 3.18. The molecule has 2 aromatic carbocycles. The van der Waals surface area contributed by atoms with Crippen molar-refractivity contribution in [3.05, 3.63) is 66.0 Å². The van der Waals surface area contributed by atoms with E-state index < -0.39 is 0 Å². The lowest BCUT2D eigenvalue weighted by Gasteiger charge is -2.15. The molecule has 0 saturated heterocycles. The van der Waals surface area contributed by atoms with Crippen molar-refractivity contribution in [2.45, 2.75) is 6.92 Å². The molecule has 3 rings (SSSR count). The van der Waals surface area contributed by atoms with Gasteiger partial charge < -0.3 is 24.8 Å². The number of rotatable bonds is 7. The first-order valence-corrected chi connectivity index (χ1v) is 8.94. The van der Waals surface area contributed by atoms with Gasteiger partial charge in [0.05, 0.1) is 38.8 Å². The molecule has 1 amide bonds. The Morgan fingerprint density at radius 2 is 1.59 bits per heavy atom. The maximum Gasteiger partial charge on any atom is 0.257 e. The van der Waals surface area contributed by atoms with Gasteiger partial charge >= 0.3 is 0 Å². The predicted molar refractivity (Wildman–Crippen MR) is 113 cm³/mol. The first kappa shape index (κ1) is 20.0. The number of carbonyl (C=O) groups is 1. The second kappa shape index (κ2) is 8.97. The van der Waals surface area contributed by atoms with Gasteiger partial charge in [-0.3, -0.25) is 9.78 Å². The molecule has 0 atom stereocenters. The van der Waals surface area contributed by atoms with Crippen LogP contribution in [0.5, 0.6) is 17.2 Å². The summed E-state index contributed by atoms with van der Waals surface area (Å²) in [5, 5.41) is 6.12. The Morgan fingerprint density at radius 1 is 0.897 bits per heavy atom. The zero-order valence-corrected chi connectivity index (χ0v) is 16.8. The van der Waals surface area contributed by atoms with E-state index >= 15 is 0 Å². The van der Waals surface area contributed by atoms with Crippen LogP contribution in [0.3, 0.4) is 0 Å². The van der Waals surface area contributed by atoms with Crippen LogP contribution in [0.25, 0.3) is 0 Å². The van der Waals surface area contributed by atoms with Crippen LogP contribution in [-0.4, -0.2) is 32.2 Å². The van der Waals surface area contributed by atoms with E-state index in [-0.39, 0.29) is 5.91 Å². The van der Waals surface area contributed by atoms with Crippen molar-refractivity contribution < 1.29 is 19.0 Å². The van der Waals surface area contributed by atoms with Gasteiger partial charge in [-0.15, -0.1) is 0 Å². The number of pyridine rings is 1. The molecule has 0 bridgehead atoms. The summed E-state index contributed by atoms with van der Waals surface area (Å²) in [6.45, 7) is 2.01. The predicted octanol–water partition coefficient (Wildman–Crippen LogP) is 4.41. The van der Waals surface area contributed by atoms with E-state index in [1.165, 1.54) is 27.5 Å². The number of ether oxygens (including phenoxy) is 3. The van der Waals surface area contributed by atoms with E-state index in [2.05, 4.69) is 15.6 Å². The second-order valence-corrected chi connectivity index (χ2v) is 6.27. The van der Waals surface area contributed by atoms with Crippen molar-refractivity contribution in [2.75, 3.05) is 32.0 Å². The van der Waals surface area contributed by atoms with Crippen LogP contribution in [0.15, 0.2) is 54.9 Å². The molecule has 0 fully saturated rings. The van der Waals surface area contributed by atoms with Gasteiger partial charge in [0.25, 0.3) is 5.91 Å². The van der Waals surface area contributed by atoms with Gasteiger partial charge in [0.15, 0.2) is 11.5 Å². The average Bonchev–Trinajstić information content (AvgIpc) is 2.74. The van der Waals surface area contributed by atoms with Crippen LogP contribution < -0.4 is 24.8 Å². The number of para-hydroxylation sites is 1. The highest BCUT2D eigenvalue weighted by atomic mass is 16.5. The number of nitrogens with zero attached hydrogens (tertiary/aromatic N) is 1. The number of methoxy groups -OCH3 is 3. The molecule has 0 aliphatic rings. The minimum atomic E-state index is -0.305. The molecule has 0 spiro atoms. The molecule has 0 saturated carbocycles. The number of benzene rings is 2. The van der Waals surface area contributed by atoms with Crippen LogP contribution in [0.1, 0.15) is 15.9 Å². The normalized spacial score (nSPS) is 10.2. The Morgan fingerprint density at radius 3 is 2.21 bits per heavy atom. The molecule has 1 heterocycles. The van der Waals surface area contributed by atoms with Gasteiger partial charge in [-0.1, -0.05) is 18.2 Å². The van der Waals surface area contributed by atoms with Crippen molar-refractivity contribution >= 4 is 23.0 Å². The number of anilines is 3. The fourth-order valence-corrected chi connectivity index (χ4v) is 2.86. The molecule has 7 heteroatoms. The number of hydrogen-bond donors (Lipinski definition) is 2. The molecule has 1 aromatic heterocycles. The van der Waals surface area contributed by atoms with E-state index in [9.17, 15) is 4.79 Å². The largest absolute Gasteiger partial charge is 0.493 e. The minimum absolute atomic E-state index is 0.305. The molecule has 0 aliphatic carbocycles. The lowest BCUT2D eigenvalue weighted by Crippen LogP contribution is -2.13. The van der Waals surface area contributed by atoms with E-state index in [0.29, 0.717) is 28.5 Å². The van der Waals surface area contributed by atoms with E-state index in [4.69, 9.17) is 14.2 Å². The summed E-state index contributed by atoms with van der Waals surface area (Å²) < 4.78 is 16.0. The van der Waals surface area contributed by atoms with Gasteiger partial charge in [-0.2, -0.15) is 0 Å². The molecule has 150 valence electrons. The fourth-order valence-electron chi connectivity index (χ4n) is 2.86. The zero-order valence-electron chi connectivity index (χ0n) is 16.8. The van der Waals surface area contributed by atoms with Crippen LogP contribution in [0, 0.1) is 6.92 Å². The molecule has 7 nitrogen and oxygen atoms in total. The lowest BCUT2D eigenvalue weighted by atomic mass is 10.2. The highest BCUT2D eigenvalue weighted by molar-refractivity contribution is 6.05. The van der Waals surface area contributed by atoms with Crippen molar-refractivity contribution in [1.29, 1.82) is 0 Å². The summed E-state index contributed by atoms with van der Waals surface area (Å²) in [7, 11) is 4.57. The third-order valence-corrected chi connectivity index (χ3v) is 4.35. The zero-order chi connectivity index (χ0) is 20.8. The second-order valence-electron chi connectivity index (χ2n) is 6.27. The number of amides is 1. The van der Waals surface area contributed by atoms with Crippen molar-refractivity contribution in [3.8, 4) is 17.2 Å². The van der Waals surface area contributed by atoms with Crippen LogP contribution in [0.2, 0.25) is 0 Å². The topological polar surface area (TPSA) is 81.7 Å². The van der Waals surface area contributed by atoms with E-state index in [1.54, 1.807) is 24.4 Å². The highest BCUT2D eigenvalue weighted by Crippen LogP contribution is 2.40. The Bertz CT molecular complexity index is 995. The van der Waals surface area contributed by atoms with Crippen molar-refractivity contribution in [1.82, 2.24) is 4.98 Å². The Labute approximate surface area is 169 Å². The first-order chi connectivity index (χ1) is 14.0. The number of aryl methyl sites for hydroxylation is 1. The number of carbonyl (C=O) groups excluding carboxylic acids is 1. The average molecular weight is 393 g/mol. The van der Waals surface area contributed by atoms with E-state index in [1.807, 2.05) is 31.2 Å². The lowest BCUT2D eigenvalue weighted by molar-refractivity contribution is 0.102. The quantitative estimate of drug-likeness (QED) is 0.619. The molecular weight excluding hydrogens is 370 g/mol. The number of nitrogens with one attached hydrogen (secondary N) is 2. The van der Waals surface area contributed by atoms with Crippen molar-refractivity contribution in [3.63, 3.8) is 0 Å². The molecule has 0 unspecified atom stereocenters. The van der Waals surface area contributed by atoms with Gasteiger partial charge in [0.1, 0.15) is 0 Å². The SMILES string of the molecule is COc1cc(NC(=O)c2cncc(Nc3ccccc3C)c2)cc(OC)c1OC. The number of hydrogen-bond acceptors (Lipinski definition) is 6. The molecular formula is C22H23N3O4. The fraction of sp³-hybridized carbons (Fsp3) is 0.182.